The predicted molar refractivity (Wildman–Crippen MR) is 88.7 cm³/mol. The van der Waals surface area contributed by atoms with Gasteiger partial charge in [0.2, 0.25) is 15.9 Å². The summed E-state index contributed by atoms with van der Waals surface area (Å²) >= 11 is 5.82. The van der Waals surface area contributed by atoms with Gasteiger partial charge >= 0.3 is 0 Å². The number of nitrogens with one attached hydrogen (secondary N) is 1. The van der Waals surface area contributed by atoms with Crippen LogP contribution >= 0.6 is 11.6 Å². The van der Waals surface area contributed by atoms with Crippen molar-refractivity contribution in [2.24, 2.45) is 0 Å². The first-order valence-corrected chi connectivity index (χ1v) is 8.77. The summed E-state index contributed by atoms with van der Waals surface area (Å²) in [4.78, 5) is 12.1. The fraction of sp³-hybridized carbons (Fsp3) is 0.133. The molecule has 0 aliphatic carbocycles. The first kappa shape index (κ1) is 17.2. The van der Waals surface area contributed by atoms with Crippen molar-refractivity contribution in [3.63, 3.8) is 0 Å². The molecule has 0 unspecified atom stereocenters. The summed E-state index contributed by atoms with van der Waals surface area (Å²) in [5.74, 6) is -1.16. The van der Waals surface area contributed by atoms with E-state index in [0.29, 0.717) is 10.7 Å². The van der Waals surface area contributed by atoms with Crippen LogP contribution in [0.5, 0.6) is 0 Å². The Kier molecular flexibility index (Phi) is 5.23. The van der Waals surface area contributed by atoms with E-state index in [4.69, 9.17) is 11.6 Å². The summed E-state index contributed by atoms with van der Waals surface area (Å²) < 4.78 is 37.9. The van der Waals surface area contributed by atoms with Crippen molar-refractivity contribution < 1.29 is 17.6 Å². The van der Waals surface area contributed by atoms with E-state index in [1.165, 1.54) is 24.3 Å². The van der Waals surface area contributed by atoms with Crippen LogP contribution in [0.3, 0.4) is 0 Å². The Balaban J connectivity index is 2.20. The second-order valence-corrected chi connectivity index (χ2v) is 7.15. The first-order valence-electron chi connectivity index (χ1n) is 6.54. The van der Waals surface area contributed by atoms with Gasteiger partial charge in [-0.05, 0) is 36.4 Å². The molecule has 5 nitrogen and oxygen atoms in total. The maximum Gasteiger partial charge on any atom is 0.245 e. The van der Waals surface area contributed by atoms with E-state index in [1.807, 2.05) is 0 Å². The summed E-state index contributed by atoms with van der Waals surface area (Å²) in [7, 11) is -3.75. The molecule has 0 saturated carbocycles. The lowest BCUT2D eigenvalue weighted by Crippen LogP contribution is -2.37. The molecule has 0 aliphatic heterocycles. The summed E-state index contributed by atoms with van der Waals surface area (Å²) in [5.41, 5.74) is 0.518. The number of benzene rings is 2. The van der Waals surface area contributed by atoms with Crippen molar-refractivity contribution in [1.29, 1.82) is 0 Å². The van der Waals surface area contributed by atoms with Gasteiger partial charge in [-0.3, -0.25) is 9.10 Å². The van der Waals surface area contributed by atoms with Gasteiger partial charge < -0.3 is 5.32 Å². The number of rotatable bonds is 5. The van der Waals surface area contributed by atoms with Gasteiger partial charge in [-0.1, -0.05) is 23.7 Å². The van der Waals surface area contributed by atoms with E-state index in [9.17, 15) is 17.6 Å². The molecule has 0 spiro atoms. The molecule has 2 aromatic rings. The van der Waals surface area contributed by atoms with Gasteiger partial charge in [0, 0.05) is 10.7 Å². The molecule has 1 N–H and O–H groups in total. The Bertz CT molecular complexity index is 827. The lowest BCUT2D eigenvalue weighted by atomic mass is 10.3. The van der Waals surface area contributed by atoms with E-state index in [2.05, 4.69) is 5.32 Å². The van der Waals surface area contributed by atoms with Gasteiger partial charge in [-0.2, -0.15) is 0 Å². The molecule has 0 fully saturated rings. The largest absolute Gasteiger partial charge is 0.324 e. The number of hydrogen-bond acceptors (Lipinski definition) is 3. The minimum absolute atomic E-state index is 0.0775. The smallest absolute Gasteiger partial charge is 0.245 e. The minimum atomic E-state index is -3.75. The Morgan fingerprint density at radius 1 is 1.22 bits per heavy atom. The maximum atomic E-state index is 13.3. The Labute approximate surface area is 138 Å². The Morgan fingerprint density at radius 2 is 1.91 bits per heavy atom. The van der Waals surface area contributed by atoms with Crippen LogP contribution in [0.4, 0.5) is 15.8 Å². The van der Waals surface area contributed by atoms with Gasteiger partial charge in [0.15, 0.2) is 0 Å². The van der Waals surface area contributed by atoms with E-state index < -0.39 is 28.3 Å². The summed E-state index contributed by atoms with van der Waals surface area (Å²) in [6.45, 7) is -0.477. The lowest BCUT2D eigenvalue weighted by Gasteiger charge is -2.21. The van der Waals surface area contributed by atoms with Gasteiger partial charge in [0.1, 0.15) is 12.4 Å². The number of nitrogens with zero attached hydrogens (tertiary/aromatic N) is 1. The third-order valence-corrected chi connectivity index (χ3v) is 4.27. The molecule has 0 heterocycles. The quantitative estimate of drug-likeness (QED) is 0.895. The molecule has 0 aliphatic rings. The van der Waals surface area contributed by atoms with Gasteiger partial charge in [0.25, 0.3) is 0 Å². The summed E-state index contributed by atoms with van der Waals surface area (Å²) in [6, 6.07) is 11.5. The molecule has 0 saturated heterocycles. The van der Waals surface area contributed by atoms with Crippen molar-refractivity contribution in [3.8, 4) is 0 Å². The van der Waals surface area contributed by atoms with Gasteiger partial charge in [-0.15, -0.1) is 0 Å². The van der Waals surface area contributed by atoms with Crippen LogP contribution in [0.15, 0.2) is 48.5 Å². The normalized spacial score (nSPS) is 11.1. The lowest BCUT2D eigenvalue weighted by molar-refractivity contribution is -0.114. The van der Waals surface area contributed by atoms with E-state index in [1.54, 1.807) is 18.2 Å². The highest BCUT2D eigenvalue weighted by atomic mass is 35.5. The molecule has 0 radical (unpaired) electrons. The minimum Gasteiger partial charge on any atom is -0.324 e. The zero-order valence-corrected chi connectivity index (χ0v) is 13.7. The zero-order valence-electron chi connectivity index (χ0n) is 12.2. The number of carbonyl (C=O) groups excluding carboxylic acids is 1. The standard InChI is InChI=1S/C15H14ClFN2O3S/c1-23(21,22)19(14-7-3-5-12(17)9-14)10-15(20)18-13-6-2-4-11(16)8-13/h2-9H,10H2,1H3,(H,18,20). The molecule has 23 heavy (non-hydrogen) atoms. The zero-order chi connectivity index (χ0) is 17.0. The van der Waals surface area contributed by atoms with Crippen LogP contribution in [0, 0.1) is 5.82 Å². The molecular formula is C15H14ClFN2O3S. The van der Waals surface area contributed by atoms with Gasteiger partial charge in [0.05, 0.1) is 11.9 Å². The summed E-state index contributed by atoms with van der Waals surface area (Å²) in [6.07, 6.45) is 0.949. The highest BCUT2D eigenvalue weighted by molar-refractivity contribution is 7.92. The van der Waals surface area contributed by atoms with Crippen molar-refractivity contribution in [3.05, 3.63) is 59.4 Å². The fourth-order valence-corrected chi connectivity index (χ4v) is 2.97. The third-order valence-electron chi connectivity index (χ3n) is 2.89. The molecule has 1 amide bonds. The highest BCUT2D eigenvalue weighted by Gasteiger charge is 2.21. The summed E-state index contributed by atoms with van der Waals surface area (Å²) in [5, 5.41) is 2.98. The van der Waals surface area contributed by atoms with Crippen molar-refractivity contribution in [2.45, 2.75) is 0 Å². The molecule has 122 valence electrons. The van der Waals surface area contributed by atoms with Crippen molar-refractivity contribution >= 4 is 38.9 Å². The van der Waals surface area contributed by atoms with Gasteiger partial charge in [-0.25, -0.2) is 12.8 Å². The number of halogens is 2. The van der Waals surface area contributed by atoms with E-state index in [0.717, 1.165) is 16.6 Å². The molecule has 0 bridgehead atoms. The molecule has 0 aromatic heterocycles. The average molecular weight is 357 g/mol. The van der Waals surface area contributed by atoms with E-state index in [-0.39, 0.29) is 5.69 Å². The van der Waals surface area contributed by atoms with Crippen LogP contribution in [0.25, 0.3) is 0 Å². The number of sulfonamides is 1. The molecule has 8 heteroatoms. The fourth-order valence-electron chi connectivity index (χ4n) is 1.93. The predicted octanol–water partition coefficient (Wildman–Crippen LogP) is 2.88. The molecular weight excluding hydrogens is 343 g/mol. The molecule has 2 aromatic carbocycles. The van der Waals surface area contributed by atoms with Crippen LogP contribution in [-0.2, 0) is 14.8 Å². The highest BCUT2D eigenvalue weighted by Crippen LogP contribution is 2.19. The van der Waals surface area contributed by atoms with Crippen LogP contribution in [0.1, 0.15) is 0 Å². The van der Waals surface area contributed by atoms with Crippen molar-refractivity contribution in [1.82, 2.24) is 0 Å². The number of amides is 1. The third kappa shape index (κ3) is 4.94. The number of hydrogen-bond donors (Lipinski definition) is 1. The molecule has 2 rings (SSSR count). The number of carbonyl (C=O) groups is 1. The second-order valence-electron chi connectivity index (χ2n) is 4.81. The Hall–Kier alpha value is -2.12. The SMILES string of the molecule is CS(=O)(=O)N(CC(=O)Nc1cccc(Cl)c1)c1cccc(F)c1. The first-order chi connectivity index (χ1) is 10.8. The topological polar surface area (TPSA) is 66.5 Å². The average Bonchev–Trinajstić information content (AvgIpc) is 2.43. The van der Waals surface area contributed by atoms with Crippen LogP contribution < -0.4 is 9.62 Å². The van der Waals surface area contributed by atoms with E-state index >= 15 is 0 Å². The molecule has 0 atom stereocenters. The Morgan fingerprint density at radius 3 is 2.52 bits per heavy atom. The van der Waals surface area contributed by atoms with Crippen molar-refractivity contribution in [2.75, 3.05) is 22.4 Å². The second kappa shape index (κ2) is 6.97. The van der Waals surface area contributed by atoms with Crippen LogP contribution in [-0.4, -0.2) is 27.1 Å². The monoisotopic (exact) mass is 356 g/mol. The van der Waals surface area contributed by atoms with Crippen LogP contribution in [0.2, 0.25) is 5.02 Å². The number of anilines is 2. The maximum absolute atomic E-state index is 13.3.